The molecule has 0 spiro atoms. The molecule has 2 aliphatic rings. The Balaban J connectivity index is 1.38. The van der Waals surface area contributed by atoms with Gasteiger partial charge in [0.2, 0.25) is 5.91 Å². The fourth-order valence-electron chi connectivity index (χ4n) is 5.37. The van der Waals surface area contributed by atoms with E-state index < -0.39 is 5.97 Å². The summed E-state index contributed by atoms with van der Waals surface area (Å²) in [6.07, 6.45) is 1.70. The first-order valence-electron chi connectivity index (χ1n) is 12.2. The number of carbonyl (C=O) groups is 2. The molecule has 36 heavy (non-hydrogen) atoms. The number of carboxylic acid groups (broad SMARTS) is 1. The van der Waals surface area contributed by atoms with Crippen LogP contribution < -0.4 is 9.64 Å². The average molecular weight is 489 g/mol. The molecular weight excluding hydrogens is 459 g/mol. The number of benzene rings is 3. The zero-order chi connectivity index (χ0) is 25.2. The minimum Gasteiger partial charge on any atom is -0.496 e. The highest BCUT2D eigenvalue weighted by molar-refractivity contribution is 5.80. The number of amides is 1. The lowest BCUT2D eigenvalue weighted by Gasteiger charge is -2.32. The summed E-state index contributed by atoms with van der Waals surface area (Å²) in [5.74, 6) is -0.583. The molecule has 1 amide bonds. The zero-order valence-corrected chi connectivity index (χ0v) is 20.3. The van der Waals surface area contributed by atoms with Gasteiger partial charge < -0.3 is 19.6 Å². The van der Waals surface area contributed by atoms with Crippen LogP contribution in [-0.2, 0) is 35.4 Å². The molecule has 2 aliphatic heterocycles. The topological polar surface area (TPSA) is 70.1 Å². The van der Waals surface area contributed by atoms with Crippen LogP contribution in [-0.4, -0.2) is 48.6 Å². The van der Waals surface area contributed by atoms with Crippen molar-refractivity contribution in [2.75, 3.05) is 31.6 Å². The van der Waals surface area contributed by atoms with Gasteiger partial charge in [0.15, 0.2) is 0 Å². The van der Waals surface area contributed by atoms with Gasteiger partial charge in [-0.15, -0.1) is 0 Å². The molecule has 2 heterocycles. The second-order valence-corrected chi connectivity index (χ2v) is 9.34. The monoisotopic (exact) mass is 488 g/mol. The molecular formula is C29H29FN2O4. The van der Waals surface area contributed by atoms with Crippen LogP contribution in [0.2, 0.25) is 0 Å². The summed E-state index contributed by atoms with van der Waals surface area (Å²) in [6, 6.07) is 16.7. The van der Waals surface area contributed by atoms with Crippen molar-refractivity contribution in [2.45, 2.75) is 32.2 Å². The molecule has 0 bridgehead atoms. The third kappa shape index (κ3) is 4.65. The Morgan fingerprint density at radius 2 is 1.83 bits per heavy atom. The second-order valence-electron chi connectivity index (χ2n) is 9.34. The van der Waals surface area contributed by atoms with E-state index in [1.54, 1.807) is 36.3 Å². The third-order valence-electron chi connectivity index (χ3n) is 7.20. The first-order valence-corrected chi connectivity index (χ1v) is 12.2. The number of ether oxygens (including phenoxy) is 1. The fraction of sp³-hybridized carbons (Fsp3) is 0.310. The van der Waals surface area contributed by atoms with Crippen molar-refractivity contribution >= 4 is 17.6 Å². The fourth-order valence-corrected chi connectivity index (χ4v) is 5.37. The Kier molecular flexibility index (Phi) is 6.63. The SMILES string of the molecule is COc1ccc(CC(=O)O)cc1-c1ccc(F)c2c1CN(C(=O)CCN1CCc3ccccc31)CC2. The lowest BCUT2D eigenvalue weighted by molar-refractivity contribution is -0.136. The van der Waals surface area contributed by atoms with Crippen LogP contribution in [0.4, 0.5) is 10.1 Å². The van der Waals surface area contributed by atoms with Crippen LogP contribution in [0.25, 0.3) is 11.1 Å². The number of carbonyl (C=O) groups excluding carboxylic acids is 1. The van der Waals surface area contributed by atoms with Gasteiger partial charge in [0.05, 0.1) is 13.5 Å². The van der Waals surface area contributed by atoms with E-state index in [-0.39, 0.29) is 18.1 Å². The maximum atomic E-state index is 14.8. The summed E-state index contributed by atoms with van der Waals surface area (Å²) < 4.78 is 20.4. The number of anilines is 1. The van der Waals surface area contributed by atoms with Gasteiger partial charge in [-0.1, -0.05) is 30.3 Å². The van der Waals surface area contributed by atoms with E-state index in [1.807, 2.05) is 12.1 Å². The van der Waals surface area contributed by atoms with Crippen molar-refractivity contribution in [3.05, 3.63) is 82.7 Å². The number of aliphatic carboxylic acids is 1. The predicted octanol–water partition coefficient (Wildman–Crippen LogP) is 4.47. The van der Waals surface area contributed by atoms with Crippen LogP contribution in [0, 0.1) is 5.82 Å². The molecule has 0 saturated heterocycles. The van der Waals surface area contributed by atoms with E-state index in [1.165, 1.54) is 17.3 Å². The summed E-state index contributed by atoms with van der Waals surface area (Å²) in [7, 11) is 1.55. The van der Waals surface area contributed by atoms with Crippen molar-refractivity contribution in [1.29, 1.82) is 0 Å². The standard InChI is InChI=1S/C29H29FN2O4/c1-36-27-9-6-19(17-29(34)35)16-23(27)21-7-8-25(30)22-11-14-32(18-24(21)22)28(33)12-15-31-13-10-20-4-2-3-5-26(20)31/h2-9,16H,10-15,17-18H2,1H3,(H,34,35). The molecule has 0 atom stereocenters. The molecule has 0 aliphatic carbocycles. The van der Waals surface area contributed by atoms with Gasteiger partial charge in [-0.25, -0.2) is 4.39 Å². The second kappa shape index (κ2) is 10.0. The largest absolute Gasteiger partial charge is 0.496 e. The van der Waals surface area contributed by atoms with E-state index >= 15 is 0 Å². The number of hydrogen-bond donors (Lipinski definition) is 1. The number of methoxy groups -OCH3 is 1. The number of carboxylic acids is 1. The Hall–Kier alpha value is -3.87. The first-order chi connectivity index (χ1) is 17.4. The number of rotatable bonds is 7. The number of halogens is 1. The predicted molar refractivity (Wildman–Crippen MR) is 136 cm³/mol. The van der Waals surface area contributed by atoms with Gasteiger partial charge in [-0.05, 0) is 64.9 Å². The van der Waals surface area contributed by atoms with Crippen LogP contribution in [0.1, 0.15) is 28.7 Å². The van der Waals surface area contributed by atoms with Crippen LogP contribution in [0.3, 0.4) is 0 Å². The lowest BCUT2D eigenvalue weighted by atomic mass is 9.89. The molecule has 1 N–H and O–H groups in total. The van der Waals surface area contributed by atoms with Gasteiger partial charge in [-0.2, -0.15) is 0 Å². The van der Waals surface area contributed by atoms with Crippen LogP contribution in [0.15, 0.2) is 54.6 Å². The van der Waals surface area contributed by atoms with E-state index in [2.05, 4.69) is 17.0 Å². The zero-order valence-electron chi connectivity index (χ0n) is 20.3. The van der Waals surface area contributed by atoms with E-state index in [9.17, 15) is 19.1 Å². The van der Waals surface area contributed by atoms with Crippen molar-refractivity contribution in [2.24, 2.45) is 0 Å². The van der Waals surface area contributed by atoms with Crippen LogP contribution >= 0.6 is 0 Å². The van der Waals surface area contributed by atoms with E-state index in [4.69, 9.17) is 4.74 Å². The quantitative estimate of drug-likeness (QED) is 0.532. The van der Waals surface area contributed by atoms with Crippen molar-refractivity contribution in [3.8, 4) is 16.9 Å². The normalized spacial score (nSPS) is 14.4. The number of nitrogens with zero attached hydrogens (tertiary/aromatic N) is 2. The summed E-state index contributed by atoms with van der Waals surface area (Å²) in [5, 5.41) is 9.23. The molecule has 3 aromatic rings. The molecule has 3 aromatic carbocycles. The molecule has 7 heteroatoms. The maximum Gasteiger partial charge on any atom is 0.307 e. The highest BCUT2D eigenvalue weighted by Gasteiger charge is 2.27. The highest BCUT2D eigenvalue weighted by Crippen LogP contribution is 2.38. The van der Waals surface area contributed by atoms with Crippen molar-refractivity contribution in [3.63, 3.8) is 0 Å². The summed E-state index contributed by atoms with van der Waals surface area (Å²) >= 11 is 0. The molecule has 0 fully saturated rings. The third-order valence-corrected chi connectivity index (χ3v) is 7.20. The van der Waals surface area contributed by atoms with Crippen molar-refractivity contribution in [1.82, 2.24) is 4.90 Å². The average Bonchev–Trinajstić information content (AvgIpc) is 3.30. The smallest absolute Gasteiger partial charge is 0.307 e. The summed E-state index contributed by atoms with van der Waals surface area (Å²) in [6.45, 7) is 2.35. The Labute approximate surface area is 209 Å². The van der Waals surface area contributed by atoms with E-state index in [0.717, 1.165) is 24.1 Å². The number of hydrogen-bond acceptors (Lipinski definition) is 4. The van der Waals surface area contributed by atoms with Gasteiger partial charge >= 0.3 is 5.97 Å². The molecule has 6 nitrogen and oxygen atoms in total. The maximum absolute atomic E-state index is 14.8. The number of fused-ring (bicyclic) bond motifs is 2. The Bertz CT molecular complexity index is 1320. The molecule has 0 aromatic heterocycles. The summed E-state index contributed by atoms with van der Waals surface area (Å²) in [4.78, 5) is 28.6. The highest BCUT2D eigenvalue weighted by atomic mass is 19.1. The Morgan fingerprint density at radius 3 is 2.64 bits per heavy atom. The first kappa shape index (κ1) is 23.9. The van der Waals surface area contributed by atoms with Crippen molar-refractivity contribution < 1.29 is 23.8 Å². The van der Waals surface area contributed by atoms with Gasteiger partial charge in [0, 0.05) is 43.9 Å². The molecule has 0 saturated carbocycles. The number of para-hydroxylation sites is 1. The van der Waals surface area contributed by atoms with Gasteiger partial charge in [-0.3, -0.25) is 9.59 Å². The van der Waals surface area contributed by atoms with E-state index in [0.29, 0.717) is 54.9 Å². The van der Waals surface area contributed by atoms with Crippen LogP contribution in [0.5, 0.6) is 5.75 Å². The minimum atomic E-state index is -0.926. The molecule has 5 rings (SSSR count). The lowest BCUT2D eigenvalue weighted by Crippen LogP contribution is -2.38. The molecule has 186 valence electrons. The van der Waals surface area contributed by atoms with Gasteiger partial charge in [0.1, 0.15) is 11.6 Å². The van der Waals surface area contributed by atoms with Gasteiger partial charge in [0.25, 0.3) is 0 Å². The molecule has 0 radical (unpaired) electrons. The summed E-state index contributed by atoms with van der Waals surface area (Å²) in [5.41, 5.74) is 5.98. The minimum absolute atomic E-state index is 0.0480. The Morgan fingerprint density at radius 1 is 1.00 bits per heavy atom. The molecule has 0 unspecified atom stereocenters.